The van der Waals surface area contributed by atoms with Crippen LogP contribution in [0.4, 0.5) is 4.39 Å². The minimum atomic E-state index is -0.978. The van der Waals surface area contributed by atoms with Gasteiger partial charge < -0.3 is 5.11 Å². The fraction of sp³-hybridized carbons (Fsp3) is 0.154. The Morgan fingerprint density at radius 3 is 2.82 bits per heavy atom. The zero-order valence-corrected chi connectivity index (χ0v) is 10.8. The van der Waals surface area contributed by atoms with Crippen LogP contribution in [0.25, 0.3) is 0 Å². The molecule has 1 aromatic heterocycles. The van der Waals surface area contributed by atoms with Gasteiger partial charge in [0.15, 0.2) is 0 Å². The summed E-state index contributed by atoms with van der Waals surface area (Å²) in [6.45, 7) is 1.83. The molecule has 2 nitrogen and oxygen atoms in total. The van der Waals surface area contributed by atoms with Crippen molar-refractivity contribution >= 4 is 15.9 Å². The first-order valence-corrected chi connectivity index (χ1v) is 5.93. The van der Waals surface area contributed by atoms with E-state index in [1.165, 1.54) is 0 Å². The molecule has 88 valence electrons. The van der Waals surface area contributed by atoms with Crippen molar-refractivity contribution in [3.63, 3.8) is 0 Å². The van der Waals surface area contributed by atoms with Crippen LogP contribution in [0, 0.1) is 12.7 Å². The molecule has 1 heterocycles. The summed E-state index contributed by atoms with van der Waals surface area (Å²) < 4.78 is 14.2. The van der Waals surface area contributed by atoms with Crippen LogP contribution in [0.3, 0.4) is 0 Å². The van der Waals surface area contributed by atoms with Crippen molar-refractivity contribution in [3.05, 3.63) is 63.6 Å². The Hall–Kier alpha value is -1.26. The van der Waals surface area contributed by atoms with Gasteiger partial charge in [-0.3, -0.25) is 4.98 Å². The van der Waals surface area contributed by atoms with E-state index in [9.17, 15) is 9.50 Å². The van der Waals surface area contributed by atoms with Crippen molar-refractivity contribution < 1.29 is 9.50 Å². The first-order valence-electron chi connectivity index (χ1n) is 5.14. The average molecular weight is 296 g/mol. The lowest BCUT2D eigenvalue weighted by Gasteiger charge is -2.13. The highest BCUT2D eigenvalue weighted by Gasteiger charge is 2.16. The molecule has 1 unspecified atom stereocenters. The largest absolute Gasteiger partial charge is 0.384 e. The summed E-state index contributed by atoms with van der Waals surface area (Å²) >= 11 is 3.10. The number of aliphatic hydroxyl groups is 1. The zero-order chi connectivity index (χ0) is 12.4. The van der Waals surface area contributed by atoms with Gasteiger partial charge in [-0.2, -0.15) is 0 Å². The highest BCUT2D eigenvalue weighted by molar-refractivity contribution is 9.10. The number of pyridine rings is 1. The molecule has 2 aromatic rings. The number of aromatic nitrogens is 1. The third-order valence-electron chi connectivity index (χ3n) is 2.51. The summed E-state index contributed by atoms with van der Waals surface area (Å²) in [7, 11) is 0. The second kappa shape index (κ2) is 4.94. The highest BCUT2D eigenvalue weighted by atomic mass is 79.9. The van der Waals surface area contributed by atoms with Gasteiger partial charge in [0.2, 0.25) is 0 Å². The van der Waals surface area contributed by atoms with Crippen LogP contribution in [0.2, 0.25) is 0 Å². The third-order valence-corrected chi connectivity index (χ3v) is 3.12. The lowest BCUT2D eigenvalue weighted by atomic mass is 10.0. The Balaban J connectivity index is 2.44. The van der Waals surface area contributed by atoms with E-state index in [1.54, 1.807) is 36.5 Å². The average Bonchev–Trinajstić information content (AvgIpc) is 2.32. The minimum absolute atomic E-state index is 0.255. The summed E-state index contributed by atoms with van der Waals surface area (Å²) in [5.41, 5.74) is 1.68. The molecule has 0 spiro atoms. The monoisotopic (exact) mass is 295 g/mol. The number of nitrogens with zero attached hydrogens (tertiary/aromatic N) is 1. The standard InChI is InChI=1S/C13H11BrFNO/c1-8-7-9(5-6-16-8)13(17)10-3-2-4-11(14)12(10)15/h2-7,13,17H,1H3. The van der Waals surface area contributed by atoms with Gasteiger partial charge in [0.25, 0.3) is 0 Å². The fourth-order valence-electron chi connectivity index (χ4n) is 1.65. The summed E-state index contributed by atoms with van der Waals surface area (Å²) in [6, 6.07) is 8.28. The first-order chi connectivity index (χ1) is 8.09. The van der Waals surface area contributed by atoms with E-state index < -0.39 is 11.9 Å². The van der Waals surface area contributed by atoms with Crippen molar-refractivity contribution in [3.8, 4) is 0 Å². The maximum absolute atomic E-state index is 13.8. The maximum Gasteiger partial charge on any atom is 0.143 e. The van der Waals surface area contributed by atoms with Crippen LogP contribution in [0.5, 0.6) is 0 Å². The van der Waals surface area contributed by atoms with Crippen LogP contribution >= 0.6 is 15.9 Å². The van der Waals surface area contributed by atoms with Crippen LogP contribution in [-0.4, -0.2) is 10.1 Å². The highest BCUT2D eigenvalue weighted by Crippen LogP contribution is 2.28. The molecule has 2 rings (SSSR count). The SMILES string of the molecule is Cc1cc(C(O)c2cccc(Br)c2F)ccn1. The van der Waals surface area contributed by atoms with Gasteiger partial charge >= 0.3 is 0 Å². The summed E-state index contributed by atoms with van der Waals surface area (Å²) in [5, 5.41) is 10.1. The van der Waals surface area contributed by atoms with Crippen molar-refractivity contribution in [2.24, 2.45) is 0 Å². The van der Waals surface area contributed by atoms with Crippen molar-refractivity contribution in [1.82, 2.24) is 4.98 Å². The topological polar surface area (TPSA) is 33.1 Å². The van der Waals surface area contributed by atoms with Gasteiger partial charge in [-0.25, -0.2) is 4.39 Å². The Bertz CT molecular complexity index is 545. The predicted molar refractivity (Wildman–Crippen MR) is 67.1 cm³/mol. The quantitative estimate of drug-likeness (QED) is 0.921. The molecule has 0 aliphatic carbocycles. The first kappa shape index (κ1) is 12.2. The second-order valence-corrected chi connectivity index (χ2v) is 4.63. The molecule has 4 heteroatoms. The van der Waals surface area contributed by atoms with Crippen molar-refractivity contribution in [2.45, 2.75) is 13.0 Å². The number of hydrogen-bond acceptors (Lipinski definition) is 2. The summed E-state index contributed by atoms with van der Waals surface area (Å²) in [5.74, 6) is -0.436. The number of halogens is 2. The Morgan fingerprint density at radius 1 is 1.35 bits per heavy atom. The van der Waals surface area contributed by atoms with E-state index in [2.05, 4.69) is 20.9 Å². The molecule has 1 atom stereocenters. The van der Waals surface area contributed by atoms with Gasteiger partial charge in [0.05, 0.1) is 4.47 Å². The van der Waals surface area contributed by atoms with Crippen molar-refractivity contribution in [2.75, 3.05) is 0 Å². The molecule has 1 aromatic carbocycles. The second-order valence-electron chi connectivity index (χ2n) is 3.78. The van der Waals surface area contributed by atoms with E-state index in [0.717, 1.165) is 5.69 Å². The molecule has 0 aliphatic rings. The van der Waals surface area contributed by atoms with Crippen LogP contribution in [0.1, 0.15) is 22.9 Å². The number of rotatable bonds is 2. The van der Waals surface area contributed by atoms with Gasteiger partial charge in [-0.05, 0) is 46.6 Å². The van der Waals surface area contributed by atoms with Crippen molar-refractivity contribution in [1.29, 1.82) is 0 Å². The Labute approximate surface area is 107 Å². The number of aryl methyl sites for hydroxylation is 1. The Kier molecular flexibility index (Phi) is 3.54. The van der Waals surface area contributed by atoms with Crippen LogP contribution in [-0.2, 0) is 0 Å². The Morgan fingerprint density at radius 2 is 2.12 bits per heavy atom. The zero-order valence-electron chi connectivity index (χ0n) is 9.19. The van der Waals surface area contributed by atoms with Gasteiger partial charge in [-0.1, -0.05) is 12.1 Å². The molecule has 0 aliphatic heterocycles. The molecule has 1 N–H and O–H groups in total. The third kappa shape index (κ3) is 2.53. The van der Waals surface area contributed by atoms with E-state index >= 15 is 0 Å². The number of aliphatic hydroxyl groups excluding tert-OH is 1. The predicted octanol–water partition coefficient (Wildman–Crippen LogP) is 3.37. The maximum atomic E-state index is 13.8. The van der Waals surface area contributed by atoms with Gasteiger partial charge in [0, 0.05) is 17.5 Å². The van der Waals surface area contributed by atoms with Gasteiger partial charge in [-0.15, -0.1) is 0 Å². The van der Waals surface area contributed by atoms with Crippen LogP contribution in [0.15, 0.2) is 41.0 Å². The molecule has 17 heavy (non-hydrogen) atoms. The summed E-state index contributed by atoms with van der Waals surface area (Å²) in [4.78, 5) is 4.04. The number of hydrogen-bond donors (Lipinski definition) is 1. The molecular formula is C13H11BrFNO. The molecule has 0 bridgehead atoms. The fourth-order valence-corrected chi connectivity index (χ4v) is 2.03. The molecule has 0 amide bonds. The lowest BCUT2D eigenvalue weighted by molar-refractivity contribution is 0.214. The van der Waals surface area contributed by atoms with E-state index in [1.807, 2.05) is 6.92 Å². The van der Waals surface area contributed by atoms with Crippen LogP contribution < -0.4 is 0 Å². The molecule has 0 saturated heterocycles. The smallest absolute Gasteiger partial charge is 0.143 e. The van der Waals surface area contributed by atoms with Gasteiger partial charge in [0.1, 0.15) is 11.9 Å². The normalized spacial score (nSPS) is 12.5. The summed E-state index contributed by atoms with van der Waals surface area (Å²) in [6.07, 6.45) is 0.623. The molecular weight excluding hydrogens is 285 g/mol. The molecule has 0 saturated carbocycles. The van der Waals surface area contributed by atoms with E-state index in [0.29, 0.717) is 10.0 Å². The van der Waals surface area contributed by atoms with E-state index in [-0.39, 0.29) is 5.56 Å². The van der Waals surface area contributed by atoms with E-state index in [4.69, 9.17) is 0 Å². The molecule has 0 fully saturated rings. The minimum Gasteiger partial charge on any atom is -0.384 e. The number of benzene rings is 1. The molecule has 0 radical (unpaired) electrons. The lowest BCUT2D eigenvalue weighted by Crippen LogP contribution is -2.03.